The maximum Gasteiger partial charge on any atom is 0.271 e. The van der Waals surface area contributed by atoms with Crippen LogP contribution in [0, 0.1) is 17.1 Å². The fourth-order valence-corrected chi connectivity index (χ4v) is 4.67. The van der Waals surface area contributed by atoms with E-state index in [1.54, 1.807) is 12.1 Å². The number of nitrogens with one attached hydrogen (secondary N) is 1. The molecule has 1 amide bonds. The summed E-state index contributed by atoms with van der Waals surface area (Å²) in [5.41, 5.74) is 1.28. The quantitative estimate of drug-likeness (QED) is 0.205. The van der Waals surface area contributed by atoms with E-state index in [0.29, 0.717) is 29.2 Å². The molecule has 0 atom stereocenters. The lowest BCUT2D eigenvalue weighted by atomic mass is 10.1. The van der Waals surface area contributed by atoms with Crippen LogP contribution in [-0.2, 0) is 24.4 Å². The average molecular weight is 564 g/mol. The molecule has 2 aromatic carbocycles. The van der Waals surface area contributed by atoms with E-state index in [1.807, 2.05) is 13.0 Å². The van der Waals surface area contributed by atoms with Gasteiger partial charge in [-0.1, -0.05) is 61.9 Å². The lowest BCUT2D eigenvalue weighted by Gasteiger charge is -2.16. The smallest absolute Gasteiger partial charge is 0.271 e. The zero-order chi connectivity index (χ0) is 27.2. The largest absolute Gasteiger partial charge is 0.454 e. The molecule has 0 bridgehead atoms. The number of rotatable bonds is 11. The molecule has 0 unspecified atom stereocenters. The number of aryl methyl sites for hydroxylation is 1. The Bertz CT molecular complexity index is 1320. The molecule has 0 saturated carbocycles. The third-order valence-corrected chi connectivity index (χ3v) is 7.73. The minimum Gasteiger partial charge on any atom is -0.454 e. The predicted octanol–water partition coefficient (Wildman–Crippen LogP) is 6.80. The zero-order valence-electron chi connectivity index (χ0n) is 21.2. The highest BCUT2D eigenvalue weighted by molar-refractivity contribution is 6.76. The molecule has 0 saturated heterocycles. The fraction of sp³-hybridized carbons (Fsp3) is 0.346. The number of benzene rings is 2. The molecular formula is C26H29Cl2FN4O3Si. The Morgan fingerprint density at radius 1 is 1.22 bits per heavy atom. The third kappa shape index (κ3) is 7.79. The summed E-state index contributed by atoms with van der Waals surface area (Å²) in [7, 11) is -1.25. The van der Waals surface area contributed by atoms with Gasteiger partial charge >= 0.3 is 0 Å². The SMILES string of the molecule is CCc1ccc(CNC(=O)c2c(Cl)ncn2COCC[Si](C)(C)C)c(F)c1Oc1cc(Cl)cc(C#N)c1. The number of carbonyl (C=O) groups excluding carboxylic acids is 1. The van der Waals surface area contributed by atoms with Crippen molar-refractivity contribution in [2.45, 2.75) is 52.3 Å². The first-order valence-corrected chi connectivity index (χ1v) is 16.2. The monoisotopic (exact) mass is 562 g/mol. The van der Waals surface area contributed by atoms with Gasteiger partial charge in [0.15, 0.2) is 16.7 Å². The second-order valence-corrected chi connectivity index (χ2v) is 16.1. The number of amides is 1. The van der Waals surface area contributed by atoms with E-state index >= 15 is 4.39 Å². The zero-order valence-corrected chi connectivity index (χ0v) is 23.7. The van der Waals surface area contributed by atoms with Crippen LogP contribution >= 0.6 is 23.2 Å². The highest BCUT2D eigenvalue weighted by Crippen LogP contribution is 2.33. The van der Waals surface area contributed by atoms with Gasteiger partial charge in [0.05, 0.1) is 18.0 Å². The first kappa shape index (κ1) is 28.7. The maximum absolute atomic E-state index is 15.5. The molecule has 196 valence electrons. The van der Waals surface area contributed by atoms with Gasteiger partial charge in [-0.05, 0) is 36.2 Å². The molecule has 0 aliphatic rings. The molecule has 3 aromatic rings. The van der Waals surface area contributed by atoms with E-state index in [0.717, 1.165) is 6.04 Å². The molecule has 3 rings (SSSR count). The van der Waals surface area contributed by atoms with Crippen LogP contribution in [0.5, 0.6) is 11.5 Å². The molecule has 0 fully saturated rings. The minimum absolute atomic E-state index is 0.0132. The summed E-state index contributed by atoms with van der Waals surface area (Å²) in [5, 5.41) is 12.2. The van der Waals surface area contributed by atoms with Gasteiger partial charge in [-0.2, -0.15) is 5.26 Å². The number of hydrogen-bond donors (Lipinski definition) is 1. The van der Waals surface area contributed by atoms with E-state index in [-0.39, 0.29) is 41.2 Å². The Morgan fingerprint density at radius 3 is 2.62 bits per heavy atom. The summed E-state index contributed by atoms with van der Waals surface area (Å²) < 4.78 is 28.6. The molecule has 1 heterocycles. The molecule has 11 heteroatoms. The molecule has 37 heavy (non-hydrogen) atoms. The Labute approximate surface area is 227 Å². The molecule has 0 aliphatic heterocycles. The molecule has 0 aliphatic carbocycles. The molecule has 0 radical (unpaired) electrons. The van der Waals surface area contributed by atoms with Gasteiger partial charge in [0, 0.05) is 31.8 Å². The van der Waals surface area contributed by atoms with Crippen molar-refractivity contribution in [3.05, 3.63) is 75.0 Å². The summed E-state index contributed by atoms with van der Waals surface area (Å²) >= 11 is 12.2. The highest BCUT2D eigenvalue weighted by atomic mass is 35.5. The number of halogens is 3. The Hall–Kier alpha value is -2.90. The van der Waals surface area contributed by atoms with Crippen molar-refractivity contribution in [3.8, 4) is 17.6 Å². The summed E-state index contributed by atoms with van der Waals surface area (Å²) in [6, 6.07) is 10.8. The van der Waals surface area contributed by atoms with Gasteiger partial charge < -0.3 is 19.4 Å². The Balaban J connectivity index is 1.74. The summed E-state index contributed by atoms with van der Waals surface area (Å²) in [4.78, 5) is 16.9. The van der Waals surface area contributed by atoms with Crippen molar-refractivity contribution in [1.29, 1.82) is 5.26 Å². The van der Waals surface area contributed by atoms with Gasteiger partial charge in [-0.25, -0.2) is 9.37 Å². The van der Waals surface area contributed by atoms with E-state index in [4.69, 9.17) is 32.7 Å². The summed E-state index contributed by atoms with van der Waals surface area (Å²) in [6.07, 6.45) is 1.95. The van der Waals surface area contributed by atoms with Crippen molar-refractivity contribution in [2.75, 3.05) is 6.61 Å². The summed E-state index contributed by atoms with van der Waals surface area (Å²) in [6.45, 7) is 9.24. The lowest BCUT2D eigenvalue weighted by molar-refractivity contribution is 0.0789. The lowest BCUT2D eigenvalue weighted by Crippen LogP contribution is -2.27. The fourth-order valence-electron chi connectivity index (χ4n) is 3.45. The van der Waals surface area contributed by atoms with Crippen LogP contribution in [0.4, 0.5) is 4.39 Å². The Morgan fingerprint density at radius 2 is 1.95 bits per heavy atom. The molecule has 1 N–H and O–H groups in total. The van der Waals surface area contributed by atoms with Crippen molar-refractivity contribution in [3.63, 3.8) is 0 Å². The molecular weight excluding hydrogens is 534 g/mol. The van der Waals surface area contributed by atoms with Crippen molar-refractivity contribution in [1.82, 2.24) is 14.9 Å². The van der Waals surface area contributed by atoms with Crippen molar-refractivity contribution >= 4 is 37.2 Å². The number of ether oxygens (including phenoxy) is 2. The number of aromatic nitrogens is 2. The topological polar surface area (TPSA) is 89.2 Å². The van der Waals surface area contributed by atoms with E-state index in [9.17, 15) is 10.1 Å². The minimum atomic E-state index is -1.25. The van der Waals surface area contributed by atoms with E-state index in [2.05, 4.69) is 29.9 Å². The molecule has 0 spiro atoms. The van der Waals surface area contributed by atoms with Crippen LogP contribution in [0.25, 0.3) is 0 Å². The van der Waals surface area contributed by atoms with E-state index < -0.39 is 19.8 Å². The van der Waals surface area contributed by atoms with Crippen molar-refractivity contribution in [2.24, 2.45) is 0 Å². The van der Waals surface area contributed by atoms with Crippen LogP contribution in [0.2, 0.25) is 35.9 Å². The molecule has 1 aromatic heterocycles. The van der Waals surface area contributed by atoms with Gasteiger partial charge in [0.2, 0.25) is 0 Å². The number of hydrogen-bond acceptors (Lipinski definition) is 5. The molecule has 7 nitrogen and oxygen atoms in total. The first-order valence-electron chi connectivity index (χ1n) is 11.8. The maximum atomic E-state index is 15.5. The van der Waals surface area contributed by atoms with Crippen LogP contribution in [0.15, 0.2) is 36.7 Å². The van der Waals surface area contributed by atoms with Gasteiger partial charge in [-0.3, -0.25) is 4.79 Å². The second kappa shape index (κ2) is 12.6. The number of nitriles is 1. The van der Waals surface area contributed by atoms with Gasteiger partial charge in [0.25, 0.3) is 5.91 Å². The average Bonchev–Trinajstić information content (AvgIpc) is 3.21. The van der Waals surface area contributed by atoms with Gasteiger partial charge in [0.1, 0.15) is 18.2 Å². The van der Waals surface area contributed by atoms with Crippen LogP contribution < -0.4 is 10.1 Å². The normalized spacial score (nSPS) is 11.3. The second-order valence-electron chi connectivity index (χ2n) is 9.65. The number of imidazole rings is 1. The number of carbonyl (C=O) groups is 1. The van der Waals surface area contributed by atoms with Crippen molar-refractivity contribution < 1.29 is 18.7 Å². The standard InChI is InChI=1S/C26H29Cl2FN4O3Si/c1-5-18-6-7-19(22(29)24(18)36-21-11-17(13-30)10-20(27)12-21)14-31-26(34)23-25(28)32-15-33(23)16-35-8-9-37(2,3)4/h6-7,10-12,15H,5,8-9,14,16H2,1-4H3,(H,31,34). The van der Waals surface area contributed by atoms with Crippen LogP contribution in [0.3, 0.4) is 0 Å². The van der Waals surface area contributed by atoms with Gasteiger partial charge in [-0.15, -0.1) is 0 Å². The predicted molar refractivity (Wildman–Crippen MR) is 145 cm³/mol. The van der Waals surface area contributed by atoms with E-state index in [1.165, 1.54) is 29.1 Å². The highest BCUT2D eigenvalue weighted by Gasteiger charge is 2.21. The number of nitrogens with zero attached hydrogens (tertiary/aromatic N) is 3. The third-order valence-electron chi connectivity index (χ3n) is 5.53. The Kier molecular flexibility index (Phi) is 9.73. The van der Waals surface area contributed by atoms with Crippen LogP contribution in [0.1, 0.15) is 34.1 Å². The summed E-state index contributed by atoms with van der Waals surface area (Å²) in [5.74, 6) is -0.874. The first-order chi connectivity index (χ1) is 17.5. The van der Waals surface area contributed by atoms with Crippen LogP contribution in [-0.4, -0.2) is 30.1 Å².